The Balaban J connectivity index is 3.04. The maximum atomic E-state index is 11.0. The zero-order valence-corrected chi connectivity index (χ0v) is 11.0. The first-order chi connectivity index (χ1) is 9.36. The number of carboxylic acids is 1. The van der Waals surface area contributed by atoms with Crippen molar-refractivity contribution in [3.63, 3.8) is 0 Å². The second-order valence-corrected chi connectivity index (χ2v) is 4.12. The fraction of sp³-hybridized carbons (Fsp3) is 0.455. The number of aliphatic hydroxyl groups excluding tert-OH is 1. The summed E-state index contributed by atoms with van der Waals surface area (Å²) in [7, 11) is 2.93. The zero-order chi connectivity index (χ0) is 15.3. The topological polar surface area (TPSA) is 126 Å². The van der Waals surface area contributed by atoms with E-state index in [1.807, 2.05) is 0 Å². The highest BCUT2D eigenvalue weighted by Gasteiger charge is 2.23. The standard InChI is InChI=1S/C11H15N3O6/c1-13(5-8(15)6-20-2)10-9(14(18)19)3-7(4-12-10)11(16)17/h3-4,8,15H,5-6H2,1-2H3,(H,16,17). The van der Waals surface area contributed by atoms with Crippen molar-refractivity contribution in [3.8, 4) is 0 Å². The van der Waals surface area contributed by atoms with Gasteiger partial charge in [0, 0.05) is 33.0 Å². The third kappa shape index (κ3) is 3.87. The average molecular weight is 285 g/mol. The monoisotopic (exact) mass is 285 g/mol. The number of carboxylic acid groups (broad SMARTS) is 1. The van der Waals surface area contributed by atoms with Gasteiger partial charge >= 0.3 is 11.7 Å². The highest BCUT2D eigenvalue weighted by Crippen LogP contribution is 2.25. The van der Waals surface area contributed by atoms with Crippen LogP contribution < -0.4 is 4.90 Å². The molecule has 1 heterocycles. The smallest absolute Gasteiger partial charge is 0.337 e. The first-order valence-electron chi connectivity index (χ1n) is 5.62. The van der Waals surface area contributed by atoms with E-state index in [-0.39, 0.29) is 24.5 Å². The fourth-order valence-electron chi connectivity index (χ4n) is 1.64. The first kappa shape index (κ1) is 15.8. The summed E-state index contributed by atoms with van der Waals surface area (Å²) in [5.41, 5.74) is -0.705. The van der Waals surface area contributed by atoms with Crippen LogP contribution in [0.4, 0.5) is 11.5 Å². The molecular formula is C11H15N3O6. The minimum atomic E-state index is -1.30. The van der Waals surface area contributed by atoms with E-state index < -0.39 is 22.7 Å². The summed E-state index contributed by atoms with van der Waals surface area (Å²) < 4.78 is 4.76. The second kappa shape index (κ2) is 6.78. The average Bonchev–Trinajstić information content (AvgIpc) is 2.37. The number of aliphatic hydroxyl groups is 1. The number of hydrogen-bond donors (Lipinski definition) is 2. The lowest BCUT2D eigenvalue weighted by Crippen LogP contribution is -2.32. The van der Waals surface area contributed by atoms with Crippen LogP contribution in [0, 0.1) is 10.1 Å². The molecule has 9 heteroatoms. The maximum absolute atomic E-state index is 11.0. The van der Waals surface area contributed by atoms with Crippen molar-refractivity contribution in [1.29, 1.82) is 0 Å². The molecule has 2 N–H and O–H groups in total. The Kier molecular flexibility index (Phi) is 5.35. The molecular weight excluding hydrogens is 270 g/mol. The largest absolute Gasteiger partial charge is 0.478 e. The highest BCUT2D eigenvalue weighted by atomic mass is 16.6. The van der Waals surface area contributed by atoms with Gasteiger partial charge in [0.2, 0.25) is 5.82 Å². The molecule has 0 saturated heterocycles. The third-order valence-corrected chi connectivity index (χ3v) is 2.50. The van der Waals surface area contributed by atoms with Crippen molar-refractivity contribution in [2.75, 3.05) is 32.2 Å². The van der Waals surface area contributed by atoms with Gasteiger partial charge in [-0.1, -0.05) is 0 Å². The summed E-state index contributed by atoms with van der Waals surface area (Å²) in [6, 6.07) is 0.934. The lowest BCUT2D eigenvalue weighted by atomic mass is 10.2. The fourth-order valence-corrected chi connectivity index (χ4v) is 1.64. The molecule has 0 bridgehead atoms. The molecule has 1 rings (SSSR count). The van der Waals surface area contributed by atoms with Crippen LogP contribution in [0.3, 0.4) is 0 Å². The summed E-state index contributed by atoms with van der Waals surface area (Å²) in [5, 5.41) is 29.4. The number of nitro groups is 1. The van der Waals surface area contributed by atoms with Gasteiger partial charge in [0.15, 0.2) is 0 Å². The van der Waals surface area contributed by atoms with Gasteiger partial charge in [0.25, 0.3) is 0 Å². The number of aromatic nitrogens is 1. The minimum absolute atomic E-state index is 0.0184. The number of ether oxygens (including phenoxy) is 1. The van der Waals surface area contributed by atoms with Gasteiger partial charge in [0.1, 0.15) is 0 Å². The van der Waals surface area contributed by atoms with Crippen molar-refractivity contribution in [2.45, 2.75) is 6.10 Å². The van der Waals surface area contributed by atoms with Crippen LogP contribution in [0.15, 0.2) is 12.3 Å². The Hall–Kier alpha value is -2.26. The van der Waals surface area contributed by atoms with Crippen molar-refractivity contribution in [3.05, 3.63) is 27.9 Å². The summed E-state index contributed by atoms with van der Waals surface area (Å²) >= 11 is 0. The normalized spacial score (nSPS) is 11.9. The van der Waals surface area contributed by atoms with Crippen molar-refractivity contribution in [2.24, 2.45) is 0 Å². The van der Waals surface area contributed by atoms with Crippen molar-refractivity contribution >= 4 is 17.5 Å². The molecule has 0 aliphatic rings. The van der Waals surface area contributed by atoms with Crippen LogP contribution in [-0.4, -0.2) is 59.5 Å². The van der Waals surface area contributed by atoms with Crippen LogP contribution >= 0.6 is 0 Å². The van der Waals surface area contributed by atoms with E-state index in [9.17, 15) is 20.0 Å². The number of anilines is 1. The molecule has 0 aliphatic heterocycles. The molecule has 1 aromatic rings. The Bertz CT molecular complexity index is 507. The van der Waals surface area contributed by atoms with Crippen molar-refractivity contribution < 1.29 is 24.7 Å². The number of aromatic carboxylic acids is 1. The molecule has 0 aliphatic carbocycles. The van der Waals surface area contributed by atoms with E-state index in [4.69, 9.17) is 9.84 Å². The summed E-state index contributed by atoms with van der Waals surface area (Å²) in [6.07, 6.45) is 0.190. The molecule has 0 spiro atoms. The van der Waals surface area contributed by atoms with Gasteiger partial charge in [-0.05, 0) is 0 Å². The molecule has 1 atom stereocenters. The number of rotatable bonds is 7. The van der Waals surface area contributed by atoms with Crippen molar-refractivity contribution in [1.82, 2.24) is 4.98 Å². The van der Waals surface area contributed by atoms with Gasteiger partial charge in [-0.15, -0.1) is 0 Å². The second-order valence-electron chi connectivity index (χ2n) is 4.12. The lowest BCUT2D eigenvalue weighted by Gasteiger charge is -2.21. The quantitative estimate of drug-likeness (QED) is 0.534. The molecule has 0 radical (unpaired) electrons. The predicted octanol–water partition coefficient (Wildman–Crippen LogP) is 0.132. The molecule has 0 aromatic carbocycles. The Labute approximate surface area is 114 Å². The van der Waals surface area contributed by atoms with Gasteiger partial charge < -0.3 is 19.8 Å². The third-order valence-electron chi connectivity index (χ3n) is 2.50. The zero-order valence-electron chi connectivity index (χ0n) is 11.0. The van der Waals surface area contributed by atoms with E-state index in [2.05, 4.69) is 4.98 Å². The SMILES string of the molecule is COCC(O)CN(C)c1ncc(C(=O)O)cc1[N+](=O)[O-]. The summed E-state index contributed by atoms with van der Waals surface area (Å²) in [6.45, 7) is 0.138. The van der Waals surface area contributed by atoms with Gasteiger partial charge in [-0.2, -0.15) is 0 Å². The lowest BCUT2D eigenvalue weighted by molar-refractivity contribution is -0.384. The molecule has 0 fully saturated rings. The molecule has 0 saturated carbocycles. The van der Waals surface area contributed by atoms with E-state index >= 15 is 0 Å². The summed E-state index contributed by atoms with van der Waals surface area (Å²) in [4.78, 5) is 26.2. The molecule has 1 unspecified atom stereocenters. The Morgan fingerprint density at radius 2 is 2.30 bits per heavy atom. The molecule has 9 nitrogen and oxygen atoms in total. The minimum Gasteiger partial charge on any atom is -0.478 e. The van der Waals surface area contributed by atoms with Crippen LogP contribution in [0.1, 0.15) is 10.4 Å². The Morgan fingerprint density at radius 1 is 1.65 bits per heavy atom. The van der Waals surface area contributed by atoms with Crippen LogP contribution in [0.5, 0.6) is 0 Å². The highest BCUT2D eigenvalue weighted by molar-refractivity contribution is 5.88. The van der Waals surface area contributed by atoms with Gasteiger partial charge in [0.05, 0.1) is 23.2 Å². The number of nitrogens with zero attached hydrogens (tertiary/aromatic N) is 3. The van der Waals surface area contributed by atoms with E-state index in [0.717, 1.165) is 12.3 Å². The van der Waals surface area contributed by atoms with E-state index in [0.29, 0.717) is 0 Å². The molecule has 110 valence electrons. The Morgan fingerprint density at radius 3 is 2.80 bits per heavy atom. The van der Waals surface area contributed by atoms with Gasteiger partial charge in [-0.3, -0.25) is 10.1 Å². The molecule has 1 aromatic heterocycles. The van der Waals surface area contributed by atoms with Crippen LogP contribution in [0.2, 0.25) is 0 Å². The first-order valence-corrected chi connectivity index (χ1v) is 5.62. The predicted molar refractivity (Wildman–Crippen MR) is 69.0 cm³/mol. The molecule has 0 amide bonds. The number of hydrogen-bond acceptors (Lipinski definition) is 7. The number of likely N-dealkylation sites (N-methyl/N-ethyl adjacent to an activating group) is 1. The maximum Gasteiger partial charge on any atom is 0.337 e. The van der Waals surface area contributed by atoms with E-state index in [1.165, 1.54) is 19.1 Å². The van der Waals surface area contributed by atoms with Gasteiger partial charge in [-0.25, -0.2) is 9.78 Å². The number of methoxy groups -OCH3 is 1. The number of pyridine rings is 1. The van der Waals surface area contributed by atoms with Crippen LogP contribution in [0.25, 0.3) is 0 Å². The molecule has 20 heavy (non-hydrogen) atoms. The summed E-state index contributed by atoms with van der Waals surface area (Å²) in [5.74, 6) is -1.32. The number of carbonyl (C=O) groups is 1. The van der Waals surface area contributed by atoms with E-state index in [1.54, 1.807) is 0 Å². The van der Waals surface area contributed by atoms with Crippen LogP contribution in [-0.2, 0) is 4.74 Å².